The van der Waals surface area contributed by atoms with Crippen LogP contribution in [0.5, 0.6) is 5.75 Å². The molecule has 0 fully saturated rings. The van der Waals surface area contributed by atoms with E-state index in [1.807, 2.05) is 20.8 Å². The van der Waals surface area contributed by atoms with Crippen LogP contribution < -0.4 is 10.1 Å². The Morgan fingerprint density at radius 1 is 1.50 bits per heavy atom. The minimum Gasteiger partial charge on any atom is -0.495 e. The molecule has 4 heteroatoms. The van der Waals surface area contributed by atoms with Crippen LogP contribution in [0.1, 0.15) is 27.0 Å². The van der Waals surface area contributed by atoms with E-state index in [4.69, 9.17) is 4.74 Å². The van der Waals surface area contributed by atoms with Crippen molar-refractivity contribution < 1.29 is 9.53 Å². The van der Waals surface area contributed by atoms with Crippen molar-refractivity contribution >= 4 is 17.2 Å². The number of carbonyl (C=O) groups excluding carboxylic acids is 1. The van der Waals surface area contributed by atoms with Gasteiger partial charge in [0.1, 0.15) is 10.6 Å². The lowest BCUT2D eigenvalue weighted by Crippen LogP contribution is -2.22. The first-order valence-corrected chi connectivity index (χ1v) is 5.35. The van der Waals surface area contributed by atoms with Crippen molar-refractivity contribution in [3.8, 4) is 5.75 Å². The van der Waals surface area contributed by atoms with Crippen LogP contribution in [0, 0.1) is 13.8 Å². The summed E-state index contributed by atoms with van der Waals surface area (Å²) >= 11 is 1.48. The molecule has 0 aromatic carbocycles. The fraction of sp³-hybridized carbons (Fsp3) is 0.500. The fourth-order valence-electron chi connectivity index (χ4n) is 1.24. The van der Waals surface area contributed by atoms with E-state index < -0.39 is 0 Å². The summed E-state index contributed by atoms with van der Waals surface area (Å²) in [7, 11) is 1.59. The van der Waals surface area contributed by atoms with Gasteiger partial charge in [-0.25, -0.2) is 0 Å². The minimum absolute atomic E-state index is 0.0504. The van der Waals surface area contributed by atoms with Crippen molar-refractivity contribution in [1.82, 2.24) is 5.32 Å². The van der Waals surface area contributed by atoms with Gasteiger partial charge in [0.05, 0.1) is 7.11 Å². The summed E-state index contributed by atoms with van der Waals surface area (Å²) in [6.45, 7) is 6.49. The van der Waals surface area contributed by atoms with E-state index >= 15 is 0 Å². The van der Waals surface area contributed by atoms with Crippen LogP contribution in [-0.2, 0) is 0 Å². The molecule has 0 unspecified atom stereocenters. The number of hydrogen-bond acceptors (Lipinski definition) is 3. The molecule has 0 saturated heterocycles. The molecule has 0 aliphatic rings. The third kappa shape index (κ3) is 1.90. The Hall–Kier alpha value is -1.03. The Morgan fingerprint density at radius 2 is 2.14 bits per heavy atom. The highest BCUT2D eigenvalue weighted by atomic mass is 32.1. The average Bonchev–Trinajstić information content (AvgIpc) is 2.44. The highest BCUT2D eigenvalue weighted by Gasteiger charge is 2.18. The van der Waals surface area contributed by atoms with Gasteiger partial charge in [-0.3, -0.25) is 4.79 Å². The van der Waals surface area contributed by atoms with Crippen molar-refractivity contribution in [2.75, 3.05) is 13.7 Å². The lowest BCUT2D eigenvalue weighted by molar-refractivity contribution is 0.0957. The minimum atomic E-state index is -0.0504. The van der Waals surface area contributed by atoms with E-state index in [1.54, 1.807) is 7.11 Å². The maximum atomic E-state index is 11.6. The SMILES string of the molecule is CCNC(=O)c1sc(C)c(C)c1OC. The Morgan fingerprint density at radius 3 is 2.64 bits per heavy atom. The van der Waals surface area contributed by atoms with Gasteiger partial charge >= 0.3 is 0 Å². The van der Waals surface area contributed by atoms with Gasteiger partial charge in [-0.1, -0.05) is 0 Å². The lowest BCUT2D eigenvalue weighted by Gasteiger charge is -2.03. The second kappa shape index (κ2) is 4.46. The fourth-order valence-corrected chi connectivity index (χ4v) is 2.29. The molecule has 3 nitrogen and oxygen atoms in total. The molecular weight excluding hydrogens is 198 g/mol. The molecule has 1 aromatic heterocycles. The van der Waals surface area contributed by atoms with Crippen LogP contribution in [0.2, 0.25) is 0 Å². The van der Waals surface area contributed by atoms with Gasteiger partial charge in [-0.15, -0.1) is 11.3 Å². The quantitative estimate of drug-likeness (QED) is 0.835. The summed E-state index contributed by atoms with van der Waals surface area (Å²) in [5.74, 6) is 0.656. The van der Waals surface area contributed by atoms with E-state index in [9.17, 15) is 4.79 Å². The van der Waals surface area contributed by atoms with Crippen LogP contribution in [0.3, 0.4) is 0 Å². The number of aryl methyl sites for hydroxylation is 1. The lowest BCUT2D eigenvalue weighted by atomic mass is 10.2. The molecule has 14 heavy (non-hydrogen) atoms. The molecule has 78 valence electrons. The molecule has 0 spiro atoms. The molecule has 1 aromatic rings. The van der Waals surface area contributed by atoms with E-state index in [2.05, 4.69) is 5.32 Å². The molecule has 1 amide bonds. The summed E-state index contributed by atoms with van der Waals surface area (Å²) in [6, 6.07) is 0. The Balaban J connectivity index is 3.08. The molecule has 0 aliphatic carbocycles. The van der Waals surface area contributed by atoms with Gasteiger partial charge in [0.2, 0.25) is 0 Å². The van der Waals surface area contributed by atoms with Crippen LogP contribution in [0.25, 0.3) is 0 Å². The van der Waals surface area contributed by atoms with Crippen molar-refractivity contribution in [2.45, 2.75) is 20.8 Å². The number of amides is 1. The number of rotatable bonds is 3. The molecule has 0 aliphatic heterocycles. The van der Waals surface area contributed by atoms with Gasteiger partial charge in [0.15, 0.2) is 0 Å². The number of thiophene rings is 1. The van der Waals surface area contributed by atoms with Gasteiger partial charge in [0.25, 0.3) is 5.91 Å². The number of hydrogen-bond donors (Lipinski definition) is 1. The Labute approximate surface area is 88.1 Å². The maximum Gasteiger partial charge on any atom is 0.265 e. The number of ether oxygens (including phenoxy) is 1. The molecule has 0 bridgehead atoms. The monoisotopic (exact) mass is 213 g/mol. The zero-order valence-corrected chi connectivity index (χ0v) is 9.75. The molecule has 1 N–H and O–H groups in total. The smallest absolute Gasteiger partial charge is 0.265 e. The first kappa shape index (κ1) is 11.0. The topological polar surface area (TPSA) is 38.3 Å². The van der Waals surface area contributed by atoms with Gasteiger partial charge in [0, 0.05) is 17.0 Å². The maximum absolute atomic E-state index is 11.6. The van der Waals surface area contributed by atoms with Gasteiger partial charge < -0.3 is 10.1 Å². The standard InChI is InChI=1S/C10H15NO2S/c1-5-11-10(12)9-8(13-4)6(2)7(3)14-9/h5H2,1-4H3,(H,11,12). The van der Waals surface area contributed by atoms with Crippen LogP contribution >= 0.6 is 11.3 Å². The van der Waals surface area contributed by atoms with E-state index in [0.717, 1.165) is 10.4 Å². The van der Waals surface area contributed by atoms with Crippen molar-refractivity contribution in [3.05, 3.63) is 15.3 Å². The van der Waals surface area contributed by atoms with Gasteiger partial charge in [-0.05, 0) is 20.8 Å². The average molecular weight is 213 g/mol. The van der Waals surface area contributed by atoms with Crippen LogP contribution in [0.4, 0.5) is 0 Å². The van der Waals surface area contributed by atoms with E-state index in [1.165, 1.54) is 11.3 Å². The predicted molar refractivity (Wildman–Crippen MR) is 58.4 cm³/mol. The van der Waals surface area contributed by atoms with Crippen LogP contribution in [0.15, 0.2) is 0 Å². The Kier molecular flexibility index (Phi) is 3.52. The second-order valence-electron chi connectivity index (χ2n) is 3.01. The zero-order chi connectivity index (χ0) is 10.7. The second-order valence-corrected chi connectivity index (χ2v) is 4.23. The zero-order valence-electron chi connectivity index (χ0n) is 8.93. The summed E-state index contributed by atoms with van der Waals surface area (Å²) < 4.78 is 5.21. The van der Waals surface area contributed by atoms with Crippen LogP contribution in [-0.4, -0.2) is 19.6 Å². The number of nitrogens with one attached hydrogen (secondary N) is 1. The number of methoxy groups -OCH3 is 1. The van der Waals surface area contributed by atoms with E-state index in [0.29, 0.717) is 17.2 Å². The predicted octanol–water partition coefficient (Wildman–Crippen LogP) is 2.12. The summed E-state index contributed by atoms with van der Waals surface area (Å²) in [5, 5.41) is 2.77. The third-order valence-corrected chi connectivity index (χ3v) is 3.27. The van der Waals surface area contributed by atoms with Crippen molar-refractivity contribution in [2.24, 2.45) is 0 Å². The third-order valence-electron chi connectivity index (χ3n) is 2.08. The summed E-state index contributed by atoms with van der Waals surface area (Å²) in [4.78, 5) is 13.4. The van der Waals surface area contributed by atoms with E-state index in [-0.39, 0.29) is 5.91 Å². The molecule has 1 heterocycles. The first-order chi connectivity index (χ1) is 6.61. The molecule has 0 radical (unpaired) electrons. The normalized spacial score (nSPS) is 10.0. The highest BCUT2D eigenvalue weighted by molar-refractivity contribution is 7.14. The largest absolute Gasteiger partial charge is 0.495 e. The number of carbonyl (C=O) groups is 1. The summed E-state index contributed by atoms with van der Waals surface area (Å²) in [6.07, 6.45) is 0. The molecular formula is C10H15NO2S. The molecule has 0 atom stereocenters. The summed E-state index contributed by atoms with van der Waals surface area (Å²) in [5.41, 5.74) is 1.05. The van der Waals surface area contributed by atoms with Gasteiger partial charge in [-0.2, -0.15) is 0 Å². The Bertz CT molecular complexity index is 344. The molecule has 0 saturated carbocycles. The molecule has 1 rings (SSSR count). The van der Waals surface area contributed by atoms with Crippen molar-refractivity contribution in [1.29, 1.82) is 0 Å². The van der Waals surface area contributed by atoms with Crippen molar-refractivity contribution in [3.63, 3.8) is 0 Å². The highest BCUT2D eigenvalue weighted by Crippen LogP contribution is 2.33. The first-order valence-electron chi connectivity index (χ1n) is 4.54.